The Kier molecular flexibility index (Phi) is 7.34. The van der Waals surface area contributed by atoms with Crippen molar-refractivity contribution in [2.24, 2.45) is 0 Å². The molecule has 8 heteroatoms. The van der Waals surface area contributed by atoms with E-state index in [9.17, 15) is 14.4 Å². The number of aliphatic carboxylic acids is 1. The molecule has 1 aromatic carbocycles. The van der Waals surface area contributed by atoms with Gasteiger partial charge in [0, 0.05) is 37.3 Å². The van der Waals surface area contributed by atoms with Gasteiger partial charge in [0.05, 0.1) is 6.42 Å². The molecular formula is C15H20ClN3O4. The summed E-state index contributed by atoms with van der Waals surface area (Å²) in [6, 6.07) is 4.80. The lowest BCUT2D eigenvalue weighted by molar-refractivity contribution is -0.137. The number of urea groups is 1. The lowest BCUT2D eigenvalue weighted by Crippen LogP contribution is -2.39. The predicted molar refractivity (Wildman–Crippen MR) is 87.7 cm³/mol. The molecule has 0 saturated carbocycles. The van der Waals surface area contributed by atoms with Gasteiger partial charge >= 0.3 is 12.0 Å². The second kappa shape index (κ2) is 8.99. The van der Waals surface area contributed by atoms with Gasteiger partial charge in [-0.2, -0.15) is 0 Å². The number of halogens is 1. The zero-order chi connectivity index (χ0) is 17.4. The van der Waals surface area contributed by atoms with E-state index in [-0.39, 0.29) is 31.8 Å². The second-order valence-electron chi connectivity index (χ2n) is 5.01. The summed E-state index contributed by atoms with van der Waals surface area (Å²) in [5.74, 6) is -1.22. The van der Waals surface area contributed by atoms with Crippen molar-refractivity contribution in [3.8, 4) is 0 Å². The molecule has 0 saturated heterocycles. The Balaban J connectivity index is 2.35. The van der Waals surface area contributed by atoms with Crippen LogP contribution in [0.2, 0.25) is 5.02 Å². The maximum atomic E-state index is 11.8. The van der Waals surface area contributed by atoms with Gasteiger partial charge in [0.15, 0.2) is 0 Å². The summed E-state index contributed by atoms with van der Waals surface area (Å²) in [5.41, 5.74) is 1.41. The van der Waals surface area contributed by atoms with Crippen molar-refractivity contribution in [1.29, 1.82) is 0 Å². The minimum absolute atomic E-state index is 0.102. The Hall–Kier alpha value is -2.28. The summed E-state index contributed by atoms with van der Waals surface area (Å²) in [4.78, 5) is 35.2. The number of anilines is 1. The average Bonchev–Trinajstić information content (AvgIpc) is 2.49. The van der Waals surface area contributed by atoms with E-state index in [0.29, 0.717) is 10.7 Å². The summed E-state index contributed by atoms with van der Waals surface area (Å²) in [6.07, 6.45) is -0.0249. The number of nitrogens with one attached hydrogen (secondary N) is 2. The van der Waals surface area contributed by atoms with E-state index < -0.39 is 12.0 Å². The molecule has 0 aliphatic rings. The molecule has 0 aliphatic carbocycles. The van der Waals surface area contributed by atoms with Crippen molar-refractivity contribution < 1.29 is 19.5 Å². The quantitative estimate of drug-likeness (QED) is 0.707. The van der Waals surface area contributed by atoms with Gasteiger partial charge in [-0.3, -0.25) is 9.59 Å². The smallest absolute Gasteiger partial charge is 0.317 e. The van der Waals surface area contributed by atoms with Gasteiger partial charge in [-0.25, -0.2) is 4.79 Å². The minimum Gasteiger partial charge on any atom is -0.481 e. The van der Waals surface area contributed by atoms with Gasteiger partial charge in [0.2, 0.25) is 5.91 Å². The van der Waals surface area contributed by atoms with Crippen molar-refractivity contribution >= 4 is 35.2 Å². The van der Waals surface area contributed by atoms with Crippen molar-refractivity contribution in [3.05, 3.63) is 28.8 Å². The molecule has 0 bridgehead atoms. The molecule has 3 amide bonds. The van der Waals surface area contributed by atoms with E-state index in [1.54, 1.807) is 25.1 Å². The van der Waals surface area contributed by atoms with Crippen molar-refractivity contribution in [1.82, 2.24) is 10.2 Å². The Morgan fingerprint density at radius 1 is 1.26 bits per heavy atom. The second-order valence-corrected chi connectivity index (χ2v) is 5.41. The van der Waals surface area contributed by atoms with Gasteiger partial charge in [0.1, 0.15) is 0 Å². The molecule has 0 radical (unpaired) electrons. The molecule has 1 rings (SSSR count). The van der Waals surface area contributed by atoms with Crippen LogP contribution in [0.1, 0.15) is 18.4 Å². The van der Waals surface area contributed by atoms with Gasteiger partial charge < -0.3 is 20.6 Å². The fraction of sp³-hybridized carbons (Fsp3) is 0.400. The van der Waals surface area contributed by atoms with Gasteiger partial charge in [0.25, 0.3) is 0 Å². The number of carbonyl (C=O) groups is 3. The number of nitrogens with zero attached hydrogens (tertiary/aromatic N) is 1. The molecule has 0 atom stereocenters. The molecule has 1 aromatic rings. The number of amides is 3. The molecular weight excluding hydrogens is 322 g/mol. The average molecular weight is 342 g/mol. The van der Waals surface area contributed by atoms with Crippen LogP contribution in [-0.4, -0.2) is 48.1 Å². The highest BCUT2D eigenvalue weighted by molar-refractivity contribution is 6.31. The molecule has 0 spiro atoms. The number of benzene rings is 1. The molecule has 0 aliphatic heterocycles. The topological polar surface area (TPSA) is 98.7 Å². The number of hydrogen-bond acceptors (Lipinski definition) is 3. The van der Waals surface area contributed by atoms with Crippen LogP contribution >= 0.6 is 11.6 Å². The molecule has 0 fully saturated rings. The highest BCUT2D eigenvalue weighted by Crippen LogP contribution is 2.22. The van der Waals surface area contributed by atoms with Crippen LogP contribution in [0.15, 0.2) is 18.2 Å². The monoisotopic (exact) mass is 341 g/mol. The minimum atomic E-state index is -0.971. The Bertz CT molecular complexity index is 592. The third kappa shape index (κ3) is 6.56. The first kappa shape index (κ1) is 18.8. The first-order valence-corrected chi connectivity index (χ1v) is 7.44. The Morgan fingerprint density at radius 3 is 2.61 bits per heavy atom. The highest BCUT2D eigenvalue weighted by atomic mass is 35.5. The summed E-state index contributed by atoms with van der Waals surface area (Å²) in [7, 11) is 1.49. The van der Waals surface area contributed by atoms with Crippen LogP contribution in [0.4, 0.5) is 10.5 Å². The van der Waals surface area contributed by atoms with Crippen LogP contribution in [-0.2, 0) is 9.59 Å². The number of carboxylic acid groups (broad SMARTS) is 1. The molecule has 0 unspecified atom stereocenters. The molecule has 3 N–H and O–H groups in total. The van der Waals surface area contributed by atoms with Gasteiger partial charge in [-0.05, 0) is 24.6 Å². The van der Waals surface area contributed by atoms with E-state index in [1.807, 2.05) is 0 Å². The standard InChI is InChI=1S/C15H20ClN3O4/c1-10-11(16)4-3-5-12(10)18-13(20)6-8-17-15(23)19(2)9-7-14(21)22/h3-5H,6-9H2,1-2H3,(H,17,23)(H,18,20)(H,21,22). The van der Waals surface area contributed by atoms with Crippen LogP contribution < -0.4 is 10.6 Å². The fourth-order valence-corrected chi connectivity index (χ4v) is 1.91. The third-order valence-electron chi connectivity index (χ3n) is 3.18. The van der Waals surface area contributed by atoms with Crippen molar-refractivity contribution in [2.75, 3.05) is 25.5 Å². The summed E-state index contributed by atoms with van der Waals surface area (Å²) in [5, 5.41) is 14.4. The molecule has 0 heterocycles. The van der Waals surface area contributed by atoms with E-state index in [0.717, 1.165) is 5.56 Å². The molecule has 23 heavy (non-hydrogen) atoms. The molecule has 126 valence electrons. The molecule has 7 nitrogen and oxygen atoms in total. The maximum absolute atomic E-state index is 11.8. The largest absolute Gasteiger partial charge is 0.481 e. The Morgan fingerprint density at radius 2 is 1.96 bits per heavy atom. The fourth-order valence-electron chi connectivity index (χ4n) is 1.74. The lowest BCUT2D eigenvalue weighted by Gasteiger charge is -2.16. The zero-order valence-electron chi connectivity index (χ0n) is 13.1. The zero-order valence-corrected chi connectivity index (χ0v) is 13.8. The number of hydrogen-bond donors (Lipinski definition) is 3. The Labute approximate surface area is 139 Å². The number of carboxylic acids is 1. The first-order valence-electron chi connectivity index (χ1n) is 7.07. The van der Waals surface area contributed by atoms with E-state index >= 15 is 0 Å². The van der Waals surface area contributed by atoms with Crippen LogP contribution in [0.25, 0.3) is 0 Å². The van der Waals surface area contributed by atoms with E-state index in [2.05, 4.69) is 10.6 Å². The highest BCUT2D eigenvalue weighted by Gasteiger charge is 2.11. The van der Waals surface area contributed by atoms with Crippen LogP contribution in [0.3, 0.4) is 0 Å². The van der Waals surface area contributed by atoms with Crippen LogP contribution in [0.5, 0.6) is 0 Å². The van der Waals surface area contributed by atoms with Crippen LogP contribution in [0, 0.1) is 6.92 Å². The predicted octanol–water partition coefficient (Wildman–Crippen LogP) is 2.09. The number of rotatable bonds is 7. The van der Waals surface area contributed by atoms with Gasteiger partial charge in [-0.1, -0.05) is 17.7 Å². The summed E-state index contributed by atoms with van der Waals surface area (Å²) in [6.45, 7) is 2.06. The summed E-state index contributed by atoms with van der Waals surface area (Å²) < 4.78 is 0. The van der Waals surface area contributed by atoms with Crippen molar-refractivity contribution in [2.45, 2.75) is 19.8 Å². The van der Waals surface area contributed by atoms with E-state index in [4.69, 9.17) is 16.7 Å². The normalized spacial score (nSPS) is 10.0. The third-order valence-corrected chi connectivity index (χ3v) is 3.59. The maximum Gasteiger partial charge on any atom is 0.317 e. The first-order chi connectivity index (χ1) is 10.8. The van der Waals surface area contributed by atoms with Gasteiger partial charge in [-0.15, -0.1) is 0 Å². The van der Waals surface area contributed by atoms with Crippen molar-refractivity contribution in [3.63, 3.8) is 0 Å². The lowest BCUT2D eigenvalue weighted by atomic mass is 10.2. The summed E-state index contributed by atoms with van der Waals surface area (Å²) >= 11 is 5.97. The number of carbonyl (C=O) groups excluding carboxylic acids is 2. The SMILES string of the molecule is Cc1c(Cl)cccc1NC(=O)CCNC(=O)N(C)CCC(=O)O. The molecule has 0 aromatic heterocycles. The van der Waals surface area contributed by atoms with E-state index in [1.165, 1.54) is 11.9 Å².